The molecule has 0 aromatic carbocycles. The molecular weight excluding hydrogens is 312 g/mol. The molecule has 1 heterocycles. The van der Waals surface area contributed by atoms with Crippen LogP contribution in [0.5, 0.6) is 0 Å². The second-order valence-electron chi connectivity index (χ2n) is 8.00. The van der Waals surface area contributed by atoms with E-state index >= 15 is 0 Å². The molecule has 1 unspecified atom stereocenters. The molecule has 0 spiro atoms. The van der Waals surface area contributed by atoms with Crippen molar-refractivity contribution in [3.63, 3.8) is 0 Å². The summed E-state index contributed by atoms with van der Waals surface area (Å²) in [5, 5.41) is 7.04. The Labute approximate surface area is 155 Å². The Hall–Kier alpha value is -0.810. The van der Waals surface area contributed by atoms with Crippen LogP contribution in [0.4, 0.5) is 0 Å². The van der Waals surface area contributed by atoms with E-state index in [0.29, 0.717) is 5.41 Å². The zero-order valence-corrected chi connectivity index (χ0v) is 16.8. The molecule has 0 aromatic rings. The molecule has 2 fully saturated rings. The average molecular weight is 353 g/mol. The maximum atomic E-state index is 5.63. The molecule has 0 aromatic heterocycles. The Kier molecular flexibility index (Phi) is 9.04. The lowest BCUT2D eigenvalue weighted by Crippen LogP contribution is -2.44. The quantitative estimate of drug-likeness (QED) is 0.381. The Morgan fingerprint density at radius 1 is 1.20 bits per heavy atom. The second kappa shape index (κ2) is 11.0. The molecule has 1 aliphatic carbocycles. The number of ether oxygens (including phenoxy) is 1. The molecule has 2 aliphatic rings. The first kappa shape index (κ1) is 20.5. The number of piperidine rings is 1. The van der Waals surface area contributed by atoms with Gasteiger partial charge in [0.15, 0.2) is 5.96 Å². The highest BCUT2D eigenvalue weighted by atomic mass is 16.5. The summed E-state index contributed by atoms with van der Waals surface area (Å²) in [6, 6.07) is 0. The number of hydrogen-bond donors (Lipinski definition) is 2. The van der Waals surface area contributed by atoms with Crippen LogP contribution in [0.3, 0.4) is 0 Å². The van der Waals surface area contributed by atoms with Crippen LogP contribution in [-0.2, 0) is 4.74 Å². The summed E-state index contributed by atoms with van der Waals surface area (Å²) in [5.74, 6) is 1.74. The van der Waals surface area contributed by atoms with Crippen LogP contribution in [0.25, 0.3) is 0 Å². The first-order valence-corrected chi connectivity index (χ1v) is 10.5. The van der Waals surface area contributed by atoms with Crippen molar-refractivity contribution in [2.24, 2.45) is 16.3 Å². The number of nitrogens with one attached hydrogen (secondary N) is 2. The fraction of sp³-hybridized carbons (Fsp3) is 0.950. The molecule has 146 valence electrons. The lowest BCUT2D eigenvalue weighted by molar-refractivity contribution is 0.107. The van der Waals surface area contributed by atoms with Gasteiger partial charge in [-0.2, -0.15) is 0 Å². The molecule has 25 heavy (non-hydrogen) atoms. The Balaban J connectivity index is 1.85. The molecule has 1 saturated carbocycles. The van der Waals surface area contributed by atoms with E-state index in [1.54, 1.807) is 0 Å². The molecule has 1 aliphatic heterocycles. The molecule has 5 heteroatoms. The fourth-order valence-corrected chi connectivity index (χ4v) is 4.31. The van der Waals surface area contributed by atoms with E-state index in [0.717, 1.165) is 51.1 Å². The number of likely N-dealkylation sites (tertiary alicyclic amines) is 1. The van der Waals surface area contributed by atoms with Crippen LogP contribution in [-0.4, -0.2) is 63.8 Å². The van der Waals surface area contributed by atoms with Gasteiger partial charge < -0.3 is 20.3 Å². The van der Waals surface area contributed by atoms with Gasteiger partial charge in [-0.25, -0.2) is 0 Å². The van der Waals surface area contributed by atoms with Gasteiger partial charge in [0.05, 0.1) is 0 Å². The van der Waals surface area contributed by atoms with Crippen LogP contribution in [0.2, 0.25) is 0 Å². The van der Waals surface area contributed by atoms with Crippen molar-refractivity contribution < 1.29 is 4.74 Å². The highest BCUT2D eigenvalue weighted by Gasteiger charge is 2.33. The van der Waals surface area contributed by atoms with E-state index in [2.05, 4.69) is 36.4 Å². The summed E-state index contributed by atoms with van der Waals surface area (Å²) >= 11 is 0. The third kappa shape index (κ3) is 7.14. The highest BCUT2D eigenvalue weighted by molar-refractivity contribution is 5.79. The maximum absolute atomic E-state index is 5.63. The number of rotatable bonds is 9. The van der Waals surface area contributed by atoms with Gasteiger partial charge in [0.25, 0.3) is 0 Å². The summed E-state index contributed by atoms with van der Waals surface area (Å²) in [4.78, 5) is 7.42. The summed E-state index contributed by atoms with van der Waals surface area (Å²) in [6.07, 6.45) is 9.09. The minimum Gasteiger partial charge on any atom is -0.382 e. The van der Waals surface area contributed by atoms with Crippen molar-refractivity contribution in [3.05, 3.63) is 0 Å². The minimum atomic E-state index is 0.364. The topological polar surface area (TPSA) is 48.9 Å². The maximum Gasteiger partial charge on any atom is 0.191 e. The van der Waals surface area contributed by atoms with Crippen molar-refractivity contribution in [3.8, 4) is 0 Å². The molecule has 2 rings (SSSR count). The summed E-state index contributed by atoms with van der Waals surface area (Å²) in [5.41, 5.74) is 0.364. The SMILES string of the molecule is CCNC(=NCC1(CCOCC)CCCC1)NCC1CCCN(C)C1. The van der Waals surface area contributed by atoms with Crippen LogP contribution >= 0.6 is 0 Å². The molecule has 5 nitrogen and oxygen atoms in total. The number of hydrogen-bond acceptors (Lipinski definition) is 3. The zero-order valence-electron chi connectivity index (χ0n) is 16.8. The van der Waals surface area contributed by atoms with Gasteiger partial charge >= 0.3 is 0 Å². The van der Waals surface area contributed by atoms with E-state index in [-0.39, 0.29) is 0 Å². The van der Waals surface area contributed by atoms with E-state index in [9.17, 15) is 0 Å². The summed E-state index contributed by atoms with van der Waals surface area (Å²) < 4.78 is 5.63. The standard InChI is InChI=1S/C20H40N4O/c1-4-21-19(22-15-18-9-8-13-24(3)16-18)23-17-20(10-6-7-11-20)12-14-25-5-2/h18H,4-17H2,1-3H3,(H2,21,22,23). The lowest BCUT2D eigenvalue weighted by atomic mass is 9.83. The molecule has 1 saturated heterocycles. The van der Waals surface area contributed by atoms with Gasteiger partial charge in [-0.05, 0) is 70.9 Å². The van der Waals surface area contributed by atoms with Crippen molar-refractivity contribution in [1.29, 1.82) is 0 Å². The molecule has 0 bridgehead atoms. The molecule has 2 N–H and O–H groups in total. The monoisotopic (exact) mass is 352 g/mol. The van der Waals surface area contributed by atoms with Crippen molar-refractivity contribution in [2.45, 2.75) is 58.8 Å². The number of nitrogens with zero attached hydrogens (tertiary/aromatic N) is 2. The van der Waals surface area contributed by atoms with Gasteiger partial charge in [0.1, 0.15) is 0 Å². The van der Waals surface area contributed by atoms with Gasteiger partial charge in [-0.3, -0.25) is 4.99 Å². The van der Waals surface area contributed by atoms with E-state index in [1.165, 1.54) is 51.6 Å². The predicted octanol–water partition coefficient (Wildman–Crippen LogP) is 2.87. The van der Waals surface area contributed by atoms with E-state index in [4.69, 9.17) is 9.73 Å². The van der Waals surface area contributed by atoms with Crippen molar-refractivity contribution in [2.75, 3.05) is 53.0 Å². The number of guanidine groups is 1. The smallest absolute Gasteiger partial charge is 0.191 e. The van der Waals surface area contributed by atoms with Crippen LogP contribution < -0.4 is 10.6 Å². The van der Waals surface area contributed by atoms with E-state index in [1.807, 2.05) is 0 Å². The first-order valence-electron chi connectivity index (χ1n) is 10.5. The molecule has 1 atom stereocenters. The minimum absolute atomic E-state index is 0.364. The molecule has 0 radical (unpaired) electrons. The Morgan fingerprint density at radius 3 is 2.68 bits per heavy atom. The predicted molar refractivity (Wildman–Crippen MR) is 106 cm³/mol. The normalized spacial score (nSPS) is 24.4. The van der Waals surface area contributed by atoms with Crippen LogP contribution in [0, 0.1) is 11.3 Å². The first-order chi connectivity index (χ1) is 12.2. The van der Waals surface area contributed by atoms with Gasteiger partial charge in [0, 0.05) is 39.4 Å². The van der Waals surface area contributed by atoms with Crippen LogP contribution in [0.15, 0.2) is 4.99 Å². The third-order valence-electron chi connectivity index (χ3n) is 5.84. The number of aliphatic imine (C=N–C) groups is 1. The molecular formula is C20H40N4O. The van der Waals surface area contributed by atoms with Gasteiger partial charge in [-0.1, -0.05) is 12.8 Å². The van der Waals surface area contributed by atoms with Gasteiger partial charge in [0.2, 0.25) is 0 Å². The largest absolute Gasteiger partial charge is 0.382 e. The lowest BCUT2D eigenvalue weighted by Gasteiger charge is -2.30. The van der Waals surface area contributed by atoms with Crippen molar-refractivity contribution >= 4 is 5.96 Å². The third-order valence-corrected chi connectivity index (χ3v) is 5.84. The highest BCUT2D eigenvalue weighted by Crippen LogP contribution is 2.41. The summed E-state index contributed by atoms with van der Waals surface area (Å²) in [7, 11) is 2.23. The van der Waals surface area contributed by atoms with Gasteiger partial charge in [-0.15, -0.1) is 0 Å². The van der Waals surface area contributed by atoms with E-state index < -0.39 is 0 Å². The zero-order chi connectivity index (χ0) is 18.0. The average Bonchev–Trinajstić information content (AvgIpc) is 3.07. The fourth-order valence-electron chi connectivity index (χ4n) is 4.31. The molecule has 0 amide bonds. The Bertz CT molecular complexity index is 393. The summed E-state index contributed by atoms with van der Waals surface area (Å²) in [6.45, 7) is 11.2. The second-order valence-corrected chi connectivity index (χ2v) is 8.00. The van der Waals surface area contributed by atoms with Crippen LogP contribution in [0.1, 0.15) is 58.8 Å². The van der Waals surface area contributed by atoms with Crippen molar-refractivity contribution in [1.82, 2.24) is 15.5 Å². The Morgan fingerprint density at radius 2 is 2.00 bits per heavy atom.